The number of likely N-dealkylation sites (N-methyl/N-ethyl adjacent to an activating group) is 1. The quantitative estimate of drug-likeness (QED) is 0.0633. The molecule has 3 rings (SSSR count). The second-order valence-electron chi connectivity index (χ2n) is 16.9. The predicted octanol–water partition coefficient (Wildman–Crippen LogP) is 0.272. The number of hydrogen-bond donors (Lipinski definition) is 6. The zero-order chi connectivity index (χ0) is 43.0. The van der Waals surface area contributed by atoms with Gasteiger partial charge in [0.2, 0.25) is 6.79 Å². The molecule has 6 N–H and O–H groups in total. The van der Waals surface area contributed by atoms with Crippen LogP contribution in [0.3, 0.4) is 0 Å². The molecule has 0 amide bonds. The molecule has 18 heteroatoms. The van der Waals surface area contributed by atoms with Crippen LogP contribution < -0.4 is 5.06 Å². The van der Waals surface area contributed by atoms with Crippen LogP contribution in [0.25, 0.3) is 0 Å². The lowest BCUT2D eigenvalue weighted by Gasteiger charge is -2.48. The van der Waals surface area contributed by atoms with Crippen molar-refractivity contribution in [3.05, 3.63) is 5.21 Å². The molecule has 3 aliphatic rings. The van der Waals surface area contributed by atoms with Crippen LogP contribution in [0, 0.1) is 28.9 Å². The van der Waals surface area contributed by atoms with Crippen LogP contribution in [-0.2, 0) is 47.5 Å². The number of nitrogens with zero attached hydrogens (tertiary/aromatic N) is 1. The molecule has 0 saturated carbocycles. The fourth-order valence-corrected chi connectivity index (χ4v) is 8.61. The van der Waals surface area contributed by atoms with Gasteiger partial charge in [-0.05, 0) is 47.5 Å². The lowest BCUT2D eigenvalue weighted by molar-refractivity contribution is -0.862. The van der Waals surface area contributed by atoms with Crippen molar-refractivity contribution in [2.45, 2.75) is 166 Å². The molecule has 3 heterocycles. The summed E-state index contributed by atoms with van der Waals surface area (Å²) in [7, 11) is 4.38. The number of carbonyl (C=O) groups excluding carboxylic acids is 1. The van der Waals surface area contributed by atoms with Gasteiger partial charge in [0.15, 0.2) is 18.7 Å². The van der Waals surface area contributed by atoms with Crippen LogP contribution in [0.5, 0.6) is 0 Å². The van der Waals surface area contributed by atoms with E-state index >= 15 is 0 Å². The molecule has 0 aromatic carbocycles. The Morgan fingerprint density at radius 2 is 1.63 bits per heavy atom. The summed E-state index contributed by atoms with van der Waals surface area (Å²) in [4.78, 5) is 19.8. The molecule has 0 spiro atoms. The van der Waals surface area contributed by atoms with Gasteiger partial charge < -0.3 is 78.5 Å². The van der Waals surface area contributed by atoms with Crippen molar-refractivity contribution in [1.29, 1.82) is 0 Å². The van der Waals surface area contributed by atoms with Crippen molar-refractivity contribution in [2.75, 3.05) is 47.9 Å². The zero-order valence-electron chi connectivity index (χ0n) is 35.9. The van der Waals surface area contributed by atoms with Crippen LogP contribution in [0.1, 0.15) is 88.0 Å². The summed E-state index contributed by atoms with van der Waals surface area (Å²) in [6.07, 6.45) is -10.2. The SMILES string of the molecule is CCC1OC(=O)[C@H](C)C(O[C@H]2C[C@@](C)(OC)[C@@H](O)[C@H](C)O2)[C@H](C)[C@@H](O[C@@H]2OCC[C@H]([NH+](C)[O-])[C@H]2O)[C@](C)(O)C[C@@H](C)/C(=N\OCOCCOC)[C@H](C)[C@@H](O)[C@]1(C)O. The Hall–Kier alpha value is -1.62. The standard InChI is InChI=1S/C39H72N2O16/c1-13-27-39(9,47)32(43)22(3)29(40-53-20-51-17-16-49-11)21(2)18-37(7,46)34(57-36-30(42)26(41(10)48)14-15-52-36)23(4)31(24(5)35(45)55-27)56-28-19-38(8,50-12)33(44)25(6)54-28/h21-28,30-34,36,41-44,46-47H,13-20H2,1-12H3/b40-29+/t21-,22+,23+,24-,25+,26+,27?,28+,30-,31?,32-,33+,34-,36+,37-,38-,39-/m1/s1. The lowest BCUT2D eigenvalue weighted by Crippen LogP contribution is -3.10. The van der Waals surface area contributed by atoms with Crippen molar-refractivity contribution in [2.24, 2.45) is 28.8 Å². The number of carbonyl (C=O) groups is 1. The van der Waals surface area contributed by atoms with Crippen molar-refractivity contribution in [3.63, 3.8) is 0 Å². The van der Waals surface area contributed by atoms with Crippen LogP contribution >= 0.6 is 0 Å². The van der Waals surface area contributed by atoms with Crippen LogP contribution in [0.2, 0.25) is 0 Å². The van der Waals surface area contributed by atoms with E-state index < -0.39 is 108 Å². The van der Waals surface area contributed by atoms with Gasteiger partial charge in [0.05, 0.1) is 74.1 Å². The van der Waals surface area contributed by atoms with E-state index in [0.717, 1.165) is 0 Å². The molecule has 0 aromatic heterocycles. The number of nitrogens with one attached hydrogen (secondary N) is 1. The number of methoxy groups -OCH3 is 2. The lowest BCUT2D eigenvalue weighted by atomic mass is 9.73. The molecule has 3 saturated heterocycles. The fraction of sp³-hybridized carbons (Fsp3) is 0.949. The van der Waals surface area contributed by atoms with Crippen LogP contribution in [-0.4, -0.2) is 163 Å². The van der Waals surface area contributed by atoms with Gasteiger partial charge in [-0.25, -0.2) is 0 Å². The van der Waals surface area contributed by atoms with E-state index in [4.69, 9.17) is 42.7 Å². The number of aliphatic hydroxyl groups is 5. The van der Waals surface area contributed by atoms with Crippen LogP contribution in [0.4, 0.5) is 0 Å². The van der Waals surface area contributed by atoms with Gasteiger partial charge in [-0.1, -0.05) is 32.9 Å². The second kappa shape index (κ2) is 21.3. The Morgan fingerprint density at radius 3 is 2.23 bits per heavy atom. The molecular formula is C39H72N2O16. The van der Waals surface area contributed by atoms with Crippen molar-refractivity contribution in [3.8, 4) is 0 Å². The van der Waals surface area contributed by atoms with E-state index in [-0.39, 0.29) is 56.5 Å². The summed E-state index contributed by atoms with van der Waals surface area (Å²) in [5, 5.41) is 75.2. The maximum Gasteiger partial charge on any atom is 0.311 e. The van der Waals surface area contributed by atoms with E-state index in [0.29, 0.717) is 6.61 Å². The first-order valence-corrected chi connectivity index (χ1v) is 20.2. The Kier molecular flexibility index (Phi) is 18.5. The summed E-state index contributed by atoms with van der Waals surface area (Å²) in [6, 6.07) is -0.777. The van der Waals surface area contributed by atoms with E-state index in [1.165, 1.54) is 35.1 Å². The number of aliphatic hydroxyl groups excluding tert-OH is 3. The molecule has 0 aliphatic carbocycles. The minimum atomic E-state index is -1.99. The fourth-order valence-electron chi connectivity index (χ4n) is 8.61. The summed E-state index contributed by atoms with van der Waals surface area (Å²) in [5.41, 5.74) is -4.63. The maximum atomic E-state index is 14.2. The number of esters is 1. The summed E-state index contributed by atoms with van der Waals surface area (Å²) in [6.45, 7) is 15.1. The van der Waals surface area contributed by atoms with E-state index in [1.807, 2.05) is 0 Å². The minimum absolute atomic E-state index is 0.0646. The Morgan fingerprint density at radius 1 is 0.965 bits per heavy atom. The Balaban J connectivity index is 2.20. The number of hydrogen-bond acceptors (Lipinski definition) is 17. The van der Waals surface area contributed by atoms with Gasteiger partial charge in [0.25, 0.3) is 0 Å². The van der Waals surface area contributed by atoms with Gasteiger partial charge in [-0.2, -0.15) is 0 Å². The number of quaternary nitrogens is 1. The Bertz CT molecular complexity index is 1270. The monoisotopic (exact) mass is 824 g/mol. The maximum absolute atomic E-state index is 14.2. The summed E-state index contributed by atoms with van der Waals surface area (Å²) < 4.78 is 47.4. The van der Waals surface area contributed by atoms with Crippen LogP contribution in [0.15, 0.2) is 5.16 Å². The third kappa shape index (κ3) is 12.0. The molecule has 3 unspecified atom stereocenters. The molecule has 3 fully saturated rings. The highest BCUT2D eigenvalue weighted by atomic mass is 16.7. The van der Waals surface area contributed by atoms with Gasteiger partial charge in [-0.15, -0.1) is 0 Å². The number of oxime groups is 1. The largest absolute Gasteiger partial charge is 0.634 e. The third-order valence-electron chi connectivity index (χ3n) is 12.2. The highest BCUT2D eigenvalue weighted by Crippen LogP contribution is 2.40. The predicted molar refractivity (Wildman–Crippen MR) is 204 cm³/mol. The van der Waals surface area contributed by atoms with Crippen molar-refractivity contribution >= 4 is 11.7 Å². The second-order valence-corrected chi connectivity index (χ2v) is 16.9. The summed E-state index contributed by atoms with van der Waals surface area (Å²) in [5.74, 6) is -4.35. The number of cyclic esters (lactones) is 1. The first-order valence-electron chi connectivity index (χ1n) is 20.2. The highest BCUT2D eigenvalue weighted by molar-refractivity contribution is 5.88. The molecule has 0 aromatic rings. The average Bonchev–Trinajstić information content (AvgIpc) is 3.15. The number of ether oxygens (including phenoxy) is 8. The molecule has 334 valence electrons. The zero-order valence-corrected chi connectivity index (χ0v) is 35.9. The minimum Gasteiger partial charge on any atom is -0.634 e. The summed E-state index contributed by atoms with van der Waals surface area (Å²) >= 11 is 0. The normalized spacial score (nSPS) is 45.6. The number of rotatable bonds is 13. The topological polar surface area (TPSA) is 241 Å². The van der Waals surface area contributed by atoms with E-state index in [2.05, 4.69) is 5.16 Å². The van der Waals surface area contributed by atoms with Crippen molar-refractivity contribution < 1.29 is 78.1 Å². The van der Waals surface area contributed by atoms with Gasteiger partial charge in [-0.3, -0.25) is 4.79 Å². The third-order valence-corrected chi connectivity index (χ3v) is 12.2. The molecular weight excluding hydrogens is 752 g/mol. The van der Waals surface area contributed by atoms with Gasteiger partial charge in [0, 0.05) is 44.8 Å². The van der Waals surface area contributed by atoms with E-state index in [9.17, 15) is 35.5 Å². The first kappa shape index (κ1) is 49.7. The van der Waals surface area contributed by atoms with Gasteiger partial charge in [0.1, 0.15) is 23.9 Å². The first-order chi connectivity index (χ1) is 26.6. The molecule has 0 bridgehead atoms. The van der Waals surface area contributed by atoms with E-state index in [1.54, 1.807) is 48.5 Å². The van der Waals surface area contributed by atoms with Crippen molar-refractivity contribution in [1.82, 2.24) is 0 Å². The molecule has 18 atom stereocenters. The highest BCUT2D eigenvalue weighted by Gasteiger charge is 2.53. The number of hydroxylamine groups is 2. The molecule has 18 nitrogen and oxygen atoms in total. The molecule has 0 radical (unpaired) electrons. The molecule has 57 heavy (non-hydrogen) atoms. The smallest absolute Gasteiger partial charge is 0.311 e. The van der Waals surface area contributed by atoms with Gasteiger partial charge >= 0.3 is 5.97 Å². The average molecular weight is 825 g/mol. The molecule has 3 aliphatic heterocycles. The Labute approximate surface area is 337 Å².